The van der Waals surface area contributed by atoms with E-state index in [4.69, 9.17) is 16.3 Å². The zero-order valence-corrected chi connectivity index (χ0v) is 19.0. The monoisotopic (exact) mass is 462 g/mol. The zero-order valence-electron chi connectivity index (χ0n) is 18.2. The largest absolute Gasteiger partial charge is 0.381 e. The van der Waals surface area contributed by atoms with E-state index in [1.54, 1.807) is 17.2 Å². The number of halogens is 1. The Hall–Kier alpha value is -3.16. The number of nitrogens with one attached hydrogen (secondary N) is 1. The van der Waals surface area contributed by atoms with Crippen LogP contribution in [-0.4, -0.2) is 40.0 Å². The summed E-state index contributed by atoms with van der Waals surface area (Å²) in [5.41, 5.74) is 5.05. The van der Waals surface area contributed by atoms with Gasteiger partial charge < -0.3 is 14.6 Å². The first kappa shape index (κ1) is 20.4. The lowest BCUT2D eigenvalue weighted by molar-refractivity contribution is 0.0835. The minimum Gasteiger partial charge on any atom is -0.381 e. The van der Waals surface area contributed by atoms with Gasteiger partial charge in [-0.2, -0.15) is 0 Å². The van der Waals surface area contributed by atoms with Gasteiger partial charge in [-0.15, -0.1) is 0 Å². The molecule has 1 N–H and O–H groups in total. The van der Waals surface area contributed by atoms with Gasteiger partial charge in [0.05, 0.1) is 17.2 Å². The van der Waals surface area contributed by atoms with Crippen molar-refractivity contribution < 1.29 is 9.53 Å². The molecule has 8 heteroatoms. The van der Waals surface area contributed by atoms with Gasteiger partial charge in [0.25, 0.3) is 11.5 Å². The highest BCUT2D eigenvalue weighted by molar-refractivity contribution is 6.32. The number of hydrogen-bond acceptors (Lipinski definition) is 4. The van der Waals surface area contributed by atoms with Crippen molar-refractivity contribution in [1.82, 2.24) is 14.4 Å². The van der Waals surface area contributed by atoms with Crippen LogP contribution in [0.3, 0.4) is 0 Å². The van der Waals surface area contributed by atoms with Crippen LogP contribution in [0.4, 0.5) is 5.69 Å². The second kappa shape index (κ2) is 7.71. The van der Waals surface area contributed by atoms with E-state index in [9.17, 15) is 9.59 Å². The molecule has 1 fully saturated rings. The van der Waals surface area contributed by atoms with Gasteiger partial charge in [-0.05, 0) is 61.6 Å². The highest BCUT2D eigenvalue weighted by Gasteiger charge is 2.29. The number of carbonyl (C=O) groups excluding carboxylic acids is 1. The smallest absolute Gasteiger partial charge is 0.274 e. The Bertz CT molecular complexity index is 1480. The average molecular weight is 463 g/mol. The number of aromatic amines is 1. The van der Waals surface area contributed by atoms with Crippen molar-refractivity contribution in [3.63, 3.8) is 0 Å². The number of hydrogen-bond donors (Lipinski definition) is 1. The molecule has 2 aliphatic rings. The lowest BCUT2D eigenvalue weighted by Crippen LogP contribution is -2.29. The van der Waals surface area contributed by atoms with Gasteiger partial charge in [-0.25, -0.2) is 4.98 Å². The molecule has 0 bridgehead atoms. The van der Waals surface area contributed by atoms with E-state index in [2.05, 4.69) is 9.97 Å². The SMILES string of the molecule is Cc1cc2c(cc1C(=O)N1CCc3c(Cl)cccc31)[nH]c(=O)c1cnc(C3CCOCC3)n12. The standard InChI is InChI=1S/C25H23ClN4O3/c1-14-11-21-19(12-17(14)25(32)29-8-5-16-18(26)3-2-4-20(16)29)28-24(31)22-13-27-23(30(21)22)15-6-9-33-10-7-15/h2-4,11-13,15H,5-10H2,1H3,(H,28,31). The van der Waals surface area contributed by atoms with Gasteiger partial charge in [0, 0.05) is 41.9 Å². The molecule has 2 aromatic carbocycles. The lowest BCUT2D eigenvalue weighted by atomic mass is 9.99. The van der Waals surface area contributed by atoms with Gasteiger partial charge in [-0.3, -0.25) is 14.0 Å². The number of ether oxygens (including phenoxy) is 1. The predicted octanol–water partition coefficient (Wildman–Crippen LogP) is 4.23. The molecular formula is C25H23ClN4O3. The number of benzene rings is 2. The van der Waals surface area contributed by atoms with Crippen LogP contribution in [0.15, 0.2) is 41.3 Å². The first-order valence-electron chi connectivity index (χ1n) is 11.2. The summed E-state index contributed by atoms with van der Waals surface area (Å²) in [6.45, 7) is 3.91. The molecule has 0 aliphatic carbocycles. The van der Waals surface area contributed by atoms with Crippen molar-refractivity contribution in [3.05, 3.63) is 74.4 Å². The maximum absolute atomic E-state index is 13.6. The molecule has 1 amide bonds. The highest BCUT2D eigenvalue weighted by atomic mass is 35.5. The molecule has 2 aliphatic heterocycles. The van der Waals surface area contributed by atoms with Crippen molar-refractivity contribution >= 4 is 39.7 Å². The van der Waals surface area contributed by atoms with Gasteiger partial charge >= 0.3 is 0 Å². The second-order valence-electron chi connectivity index (χ2n) is 8.81. The van der Waals surface area contributed by atoms with E-state index in [-0.39, 0.29) is 17.4 Å². The summed E-state index contributed by atoms with van der Waals surface area (Å²) in [7, 11) is 0. The molecule has 4 heterocycles. The number of H-pyrrole nitrogens is 1. The van der Waals surface area contributed by atoms with Crippen molar-refractivity contribution in [2.75, 3.05) is 24.7 Å². The third-order valence-electron chi connectivity index (χ3n) is 6.89. The summed E-state index contributed by atoms with van der Waals surface area (Å²) in [6.07, 6.45) is 4.12. The van der Waals surface area contributed by atoms with E-state index in [0.717, 1.165) is 47.4 Å². The molecule has 168 valence electrons. The third-order valence-corrected chi connectivity index (χ3v) is 7.24. The lowest BCUT2D eigenvalue weighted by Gasteiger charge is -2.22. The number of aromatic nitrogens is 3. The summed E-state index contributed by atoms with van der Waals surface area (Å²) in [4.78, 5) is 35.8. The van der Waals surface area contributed by atoms with Crippen LogP contribution in [0.2, 0.25) is 5.02 Å². The maximum Gasteiger partial charge on any atom is 0.274 e. The molecule has 4 aromatic rings. The Labute approximate surface area is 195 Å². The number of nitrogens with zero attached hydrogens (tertiary/aromatic N) is 3. The van der Waals surface area contributed by atoms with Crippen LogP contribution in [0.1, 0.15) is 46.1 Å². The summed E-state index contributed by atoms with van der Waals surface area (Å²) >= 11 is 6.34. The Morgan fingerprint density at radius 1 is 1.21 bits per heavy atom. The fraction of sp³-hybridized carbons (Fsp3) is 0.320. The number of amides is 1. The molecule has 0 spiro atoms. The number of imidazole rings is 1. The van der Waals surface area contributed by atoms with Crippen LogP contribution in [0, 0.1) is 6.92 Å². The van der Waals surface area contributed by atoms with Gasteiger partial charge in [0.15, 0.2) is 0 Å². The normalized spacial score (nSPS) is 16.6. The fourth-order valence-electron chi connectivity index (χ4n) is 5.17. The zero-order chi connectivity index (χ0) is 22.7. The van der Waals surface area contributed by atoms with Crippen molar-refractivity contribution in [1.29, 1.82) is 0 Å². The Morgan fingerprint density at radius 2 is 2.03 bits per heavy atom. The molecule has 0 saturated carbocycles. The quantitative estimate of drug-likeness (QED) is 0.483. The number of fused-ring (bicyclic) bond motifs is 4. The Kier molecular flexibility index (Phi) is 4.78. The number of anilines is 1. The maximum atomic E-state index is 13.6. The number of rotatable bonds is 2. The summed E-state index contributed by atoms with van der Waals surface area (Å²) in [5, 5.41) is 0.686. The van der Waals surface area contributed by atoms with Gasteiger partial charge in [0.2, 0.25) is 0 Å². The Balaban J connectivity index is 1.49. The van der Waals surface area contributed by atoms with Gasteiger partial charge in [-0.1, -0.05) is 17.7 Å². The first-order valence-corrected chi connectivity index (χ1v) is 11.6. The highest BCUT2D eigenvalue weighted by Crippen LogP contribution is 2.35. The molecule has 0 unspecified atom stereocenters. The third kappa shape index (κ3) is 3.18. The minimum absolute atomic E-state index is 0.0911. The van der Waals surface area contributed by atoms with E-state index < -0.39 is 0 Å². The first-order chi connectivity index (χ1) is 16.0. The Morgan fingerprint density at radius 3 is 2.85 bits per heavy atom. The molecule has 0 radical (unpaired) electrons. The second-order valence-corrected chi connectivity index (χ2v) is 9.21. The molecular weight excluding hydrogens is 440 g/mol. The minimum atomic E-state index is -0.214. The van der Waals surface area contributed by atoms with Crippen LogP contribution in [0.5, 0.6) is 0 Å². The van der Waals surface area contributed by atoms with Crippen molar-refractivity contribution in [3.8, 4) is 0 Å². The van der Waals surface area contributed by atoms with Gasteiger partial charge in [0.1, 0.15) is 11.3 Å². The number of carbonyl (C=O) groups is 1. The molecule has 6 rings (SSSR count). The molecule has 7 nitrogen and oxygen atoms in total. The number of aryl methyl sites for hydroxylation is 1. The molecule has 0 atom stereocenters. The van der Waals surface area contributed by atoms with E-state index >= 15 is 0 Å². The van der Waals surface area contributed by atoms with E-state index in [1.807, 2.05) is 35.6 Å². The molecule has 1 saturated heterocycles. The van der Waals surface area contributed by atoms with Crippen LogP contribution in [0.25, 0.3) is 16.6 Å². The molecule has 2 aromatic heterocycles. The topological polar surface area (TPSA) is 79.7 Å². The summed E-state index contributed by atoms with van der Waals surface area (Å²) in [5.74, 6) is 1.02. The molecule has 33 heavy (non-hydrogen) atoms. The van der Waals surface area contributed by atoms with Crippen molar-refractivity contribution in [2.45, 2.75) is 32.1 Å². The van der Waals surface area contributed by atoms with Crippen LogP contribution < -0.4 is 10.5 Å². The van der Waals surface area contributed by atoms with E-state index in [1.165, 1.54) is 0 Å². The summed E-state index contributed by atoms with van der Waals surface area (Å²) < 4.78 is 7.46. The average Bonchev–Trinajstić information content (AvgIpc) is 3.46. The van der Waals surface area contributed by atoms with Crippen molar-refractivity contribution in [2.24, 2.45) is 0 Å². The van der Waals surface area contributed by atoms with Crippen LogP contribution >= 0.6 is 11.6 Å². The van der Waals surface area contributed by atoms with Crippen LogP contribution in [-0.2, 0) is 11.2 Å². The predicted molar refractivity (Wildman–Crippen MR) is 128 cm³/mol. The summed E-state index contributed by atoms with van der Waals surface area (Å²) in [6, 6.07) is 9.42. The fourth-order valence-corrected chi connectivity index (χ4v) is 5.43. The van der Waals surface area contributed by atoms with E-state index in [0.29, 0.717) is 41.4 Å².